The number of nitrogens with one attached hydrogen (secondary N) is 2. The maximum atomic E-state index is 9.17. The van der Waals surface area contributed by atoms with Crippen LogP contribution in [-0.2, 0) is 6.54 Å². The lowest BCUT2D eigenvalue weighted by molar-refractivity contribution is 0.174. The van der Waals surface area contributed by atoms with Crippen molar-refractivity contribution in [2.24, 2.45) is 10.9 Å². The van der Waals surface area contributed by atoms with Crippen molar-refractivity contribution in [1.82, 2.24) is 10.6 Å². The number of benzene rings is 1. The minimum atomic E-state index is 0.233. The van der Waals surface area contributed by atoms with Crippen LogP contribution in [0.1, 0.15) is 38.7 Å². The summed E-state index contributed by atoms with van der Waals surface area (Å²) in [6, 6.07) is 5.90. The highest BCUT2D eigenvalue weighted by Crippen LogP contribution is 2.32. The lowest BCUT2D eigenvalue weighted by Crippen LogP contribution is -2.40. The zero-order valence-corrected chi connectivity index (χ0v) is 14.7. The van der Waals surface area contributed by atoms with Gasteiger partial charge in [0, 0.05) is 19.7 Å². The predicted octanol–water partition coefficient (Wildman–Crippen LogP) is 2.27. The van der Waals surface area contributed by atoms with Gasteiger partial charge in [-0.1, -0.05) is 19.4 Å². The average molecular weight is 335 g/mol. The number of guanidine groups is 1. The van der Waals surface area contributed by atoms with E-state index in [4.69, 9.17) is 14.6 Å². The van der Waals surface area contributed by atoms with Gasteiger partial charge in [0.05, 0.1) is 6.54 Å². The Morgan fingerprint density at radius 2 is 2.04 bits per heavy atom. The van der Waals surface area contributed by atoms with Gasteiger partial charge < -0.3 is 25.2 Å². The number of nitrogens with zero attached hydrogens (tertiary/aromatic N) is 1. The Kier molecular flexibility index (Phi) is 7.68. The fourth-order valence-corrected chi connectivity index (χ4v) is 2.73. The molecule has 0 fully saturated rings. The molecule has 1 aromatic carbocycles. The summed E-state index contributed by atoms with van der Waals surface area (Å²) in [4.78, 5) is 4.64. The van der Waals surface area contributed by atoms with Gasteiger partial charge in [0.15, 0.2) is 17.5 Å². The molecule has 0 amide bonds. The number of fused-ring (bicyclic) bond motifs is 1. The predicted molar refractivity (Wildman–Crippen MR) is 95.5 cm³/mol. The first kappa shape index (κ1) is 18.4. The van der Waals surface area contributed by atoms with Crippen molar-refractivity contribution < 1.29 is 14.6 Å². The fraction of sp³-hybridized carbons (Fsp3) is 0.611. The molecular formula is C18H29N3O3. The molecule has 6 heteroatoms. The highest BCUT2D eigenvalue weighted by Gasteiger charge is 2.13. The molecule has 24 heavy (non-hydrogen) atoms. The molecule has 0 radical (unpaired) electrons. The molecule has 3 N–H and O–H groups in total. The van der Waals surface area contributed by atoms with Gasteiger partial charge >= 0.3 is 0 Å². The smallest absolute Gasteiger partial charge is 0.231 e. The van der Waals surface area contributed by atoms with E-state index in [9.17, 15) is 0 Å². The zero-order chi connectivity index (χ0) is 17.2. The number of ether oxygens (including phenoxy) is 2. The highest BCUT2D eigenvalue weighted by molar-refractivity contribution is 5.79. The van der Waals surface area contributed by atoms with E-state index in [-0.39, 0.29) is 13.4 Å². The first-order chi connectivity index (χ1) is 11.8. The summed E-state index contributed by atoms with van der Waals surface area (Å²) in [5.41, 5.74) is 1.08. The van der Waals surface area contributed by atoms with E-state index < -0.39 is 0 Å². The second-order valence-electron chi connectivity index (χ2n) is 5.93. The van der Waals surface area contributed by atoms with Crippen LogP contribution in [0.3, 0.4) is 0 Å². The van der Waals surface area contributed by atoms with E-state index in [1.165, 1.54) is 0 Å². The topological polar surface area (TPSA) is 75.1 Å². The summed E-state index contributed by atoms with van der Waals surface area (Å²) in [7, 11) is 0. The van der Waals surface area contributed by atoms with Crippen LogP contribution in [0.4, 0.5) is 0 Å². The summed E-state index contributed by atoms with van der Waals surface area (Å²) in [6.07, 6.45) is 3.05. The number of rotatable bonds is 9. The van der Waals surface area contributed by atoms with Crippen LogP contribution in [-0.4, -0.2) is 37.6 Å². The number of aliphatic hydroxyl groups excluding tert-OH is 1. The minimum absolute atomic E-state index is 0.233. The fourth-order valence-electron chi connectivity index (χ4n) is 2.73. The minimum Gasteiger partial charge on any atom is -0.454 e. The standard InChI is InChI=1S/C18H29N3O3/c1-3-5-14(8-9-22)11-20-18(19-4-2)21-12-15-6-7-16-17(10-15)24-13-23-16/h6-7,10,14,22H,3-5,8-9,11-13H2,1-2H3,(H2,19,20,21). The summed E-state index contributed by atoms with van der Waals surface area (Å²) in [5.74, 6) is 2.84. The third-order valence-electron chi connectivity index (χ3n) is 3.99. The first-order valence-corrected chi connectivity index (χ1v) is 8.78. The van der Waals surface area contributed by atoms with Crippen molar-refractivity contribution in [2.45, 2.75) is 39.7 Å². The average Bonchev–Trinajstić information content (AvgIpc) is 3.05. The molecule has 1 unspecified atom stereocenters. The Balaban J connectivity index is 1.92. The Labute approximate surface area is 144 Å². The van der Waals surface area contributed by atoms with Crippen LogP contribution in [0.15, 0.2) is 23.2 Å². The highest BCUT2D eigenvalue weighted by atomic mass is 16.7. The molecule has 0 saturated heterocycles. The van der Waals surface area contributed by atoms with E-state index in [1.54, 1.807) is 0 Å². The number of aliphatic imine (C=N–C) groups is 1. The maximum absolute atomic E-state index is 9.17. The zero-order valence-electron chi connectivity index (χ0n) is 14.7. The number of hydrogen-bond acceptors (Lipinski definition) is 4. The molecule has 2 rings (SSSR count). The molecule has 0 bridgehead atoms. The van der Waals surface area contributed by atoms with Gasteiger partial charge in [-0.3, -0.25) is 0 Å². The summed E-state index contributed by atoms with van der Waals surface area (Å²) >= 11 is 0. The molecule has 1 atom stereocenters. The molecule has 1 aliphatic rings. The van der Waals surface area contributed by atoms with E-state index >= 15 is 0 Å². The SMILES string of the molecule is CCCC(CCO)CNC(=NCc1ccc2c(c1)OCO2)NCC. The summed E-state index contributed by atoms with van der Waals surface area (Å²) in [5, 5.41) is 15.8. The number of aliphatic hydroxyl groups is 1. The first-order valence-electron chi connectivity index (χ1n) is 8.78. The lowest BCUT2D eigenvalue weighted by Gasteiger charge is -2.18. The van der Waals surface area contributed by atoms with Crippen molar-refractivity contribution >= 4 is 5.96 Å². The summed E-state index contributed by atoms with van der Waals surface area (Å²) in [6.45, 7) is 6.95. The van der Waals surface area contributed by atoms with Crippen molar-refractivity contribution in [3.63, 3.8) is 0 Å². The third kappa shape index (κ3) is 5.60. The Morgan fingerprint density at radius 1 is 1.21 bits per heavy atom. The Hall–Kier alpha value is -1.95. The molecule has 6 nitrogen and oxygen atoms in total. The van der Waals surface area contributed by atoms with Crippen LogP contribution >= 0.6 is 0 Å². The largest absolute Gasteiger partial charge is 0.454 e. The maximum Gasteiger partial charge on any atom is 0.231 e. The molecule has 0 aromatic heterocycles. The van der Waals surface area contributed by atoms with Crippen LogP contribution < -0.4 is 20.1 Å². The molecule has 0 saturated carbocycles. The van der Waals surface area contributed by atoms with Crippen LogP contribution in [0.2, 0.25) is 0 Å². The molecular weight excluding hydrogens is 306 g/mol. The third-order valence-corrected chi connectivity index (χ3v) is 3.99. The van der Waals surface area contributed by atoms with Gasteiger partial charge in [0.2, 0.25) is 6.79 Å². The Morgan fingerprint density at radius 3 is 2.79 bits per heavy atom. The molecule has 134 valence electrons. The van der Waals surface area contributed by atoms with Gasteiger partial charge in [-0.25, -0.2) is 4.99 Å². The second-order valence-corrected chi connectivity index (χ2v) is 5.93. The molecule has 1 aliphatic heterocycles. The molecule has 1 heterocycles. The van der Waals surface area contributed by atoms with Crippen molar-refractivity contribution in [2.75, 3.05) is 26.5 Å². The summed E-state index contributed by atoms with van der Waals surface area (Å²) < 4.78 is 10.7. The number of hydrogen-bond donors (Lipinski definition) is 3. The second kappa shape index (κ2) is 10.0. The van der Waals surface area contributed by atoms with E-state index in [2.05, 4.69) is 29.5 Å². The van der Waals surface area contributed by atoms with Gasteiger partial charge in [0.25, 0.3) is 0 Å². The monoisotopic (exact) mass is 335 g/mol. The Bertz CT molecular complexity index is 528. The molecule has 1 aromatic rings. The van der Waals surface area contributed by atoms with E-state index in [0.29, 0.717) is 12.5 Å². The van der Waals surface area contributed by atoms with Crippen molar-refractivity contribution in [3.8, 4) is 11.5 Å². The van der Waals surface area contributed by atoms with Gasteiger partial charge in [0.1, 0.15) is 0 Å². The van der Waals surface area contributed by atoms with Crippen molar-refractivity contribution in [3.05, 3.63) is 23.8 Å². The van der Waals surface area contributed by atoms with E-state index in [1.807, 2.05) is 18.2 Å². The van der Waals surface area contributed by atoms with Gasteiger partial charge in [-0.2, -0.15) is 0 Å². The van der Waals surface area contributed by atoms with E-state index in [0.717, 1.165) is 55.4 Å². The molecule has 0 spiro atoms. The normalized spacial score (nSPS) is 14.5. The van der Waals surface area contributed by atoms with Crippen LogP contribution in [0.25, 0.3) is 0 Å². The van der Waals surface area contributed by atoms with Crippen molar-refractivity contribution in [1.29, 1.82) is 0 Å². The molecule has 0 aliphatic carbocycles. The quantitative estimate of drug-likeness (QED) is 0.477. The van der Waals surface area contributed by atoms with Gasteiger partial charge in [-0.15, -0.1) is 0 Å². The van der Waals surface area contributed by atoms with Crippen LogP contribution in [0.5, 0.6) is 11.5 Å². The van der Waals surface area contributed by atoms with Gasteiger partial charge in [-0.05, 0) is 43.4 Å². The lowest BCUT2D eigenvalue weighted by atomic mass is 10.0. The van der Waals surface area contributed by atoms with Crippen LogP contribution in [0, 0.1) is 5.92 Å².